The highest BCUT2D eigenvalue weighted by atomic mass is 14.3. The van der Waals surface area contributed by atoms with Gasteiger partial charge in [0.05, 0.1) is 16.4 Å². The summed E-state index contributed by atoms with van der Waals surface area (Å²) in [4.78, 5) is 0. The number of hydrogen-bond acceptors (Lipinski definition) is 0. The maximum atomic E-state index is 8.69. The molecule has 116 valence electrons. The van der Waals surface area contributed by atoms with Crippen molar-refractivity contribution in [1.29, 1.82) is 0 Å². The van der Waals surface area contributed by atoms with Crippen LogP contribution in [0.3, 0.4) is 0 Å². The van der Waals surface area contributed by atoms with E-state index in [9.17, 15) is 0 Å². The Morgan fingerprint density at radius 1 is 0.696 bits per heavy atom. The summed E-state index contributed by atoms with van der Waals surface area (Å²) in [6.45, 7) is 6.60. The van der Waals surface area contributed by atoms with Crippen LogP contribution in [0.25, 0.3) is 22.3 Å². The van der Waals surface area contributed by atoms with Gasteiger partial charge in [-0.3, -0.25) is 0 Å². The summed E-state index contributed by atoms with van der Waals surface area (Å²) >= 11 is 0. The molecule has 0 aromatic heterocycles. The first-order valence-electron chi connectivity index (χ1n) is 13.2. The second-order valence-corrected chi connectivity index (χ2v) is 6.25. The Kier molecular flexibility index (Phi) is 1.75. The average molecular weight is 313 g/mol. The molecular formula is C23H24. The Bertz CT molecular complexity index is 1250. The minimum Gasteiger partial charge on any atom is -0.0622 e. The SMILES string of the molecule is [2H]c1c([2H])c([2H])c(-c2c([2H])c([2H])c([2H])c(-c3c([2H])c([2H])c([2H])c(C)c3[2H])c2C(C)(C)C)c([2H])c1[2H]. The van der Waals surface area contributed by atoms with Crippen molar-refractivity contribution in [2.75, 3.05) is 0 Å². The summed E-state index contributed by atoms with van der Waals surface area (Å²) in [5, 5.41) is 0. The molecule has 0 bridgehead atoms. The van der Waals surface area contributed by atoms with Crippen LogP contribution < -0.4 is 0 Å². The van der Waals surface area contributed by atoms with Gasteiger partial charge in [0, 0.05) is 0 Å². The zero-order valence-corrected chi connectivity index (χ0v) is 13.5. The quantitative estimate of drug-likeness (QED) is 0.498. The predicted octanol–water partition coefficient (Wildman–Crippen LogP) is 6.63. The highest BCUT2D eigenvalue weighted by molar-refractivity contribution is 5.80. The monoisotopic (exact) mass is 312 g/mol. The molecule has 3 rings (SSSR count). The van der Waals surface area contributed by atoms with Crippen molar-refractivity contribution in [3.63, 3.8) is 0 Å². The maximum absolute atomic E-state index is 8.69. The zero-order valence-electron chi connectivity index (χ0n) is 25.5. The number of rotatable bonds is 2. The first kappa shape index (κ1) is 6.65. The normalized spacial score (nSPS) is 18.8. The summed E-state index contributed by atoms with van der Waals surface area (Å²) < 4.78 is 100. The molecule has 0 saturated heterocycles. The smallest absolute Gasteiger partial charge is 0.0622 e. The fourth-order valence-electron chi connectivity index (χ4n) is 2.47. The Balaban J connectivity index is 2.75. The van der Waals surface area contributed by atoms with E-state index in [1.165, 1.54) is 6.92 Å². The fourth-order valence-corrected chi connectivity index (χ4v) is 2.47. The Morgan fingerprint density at radius 2 is 1.26 bits per heavy atom. The highest BCUT2D eigenvalue weighted by Gasteiger charge is 2.23. The number of hydrogen-bond donors (Lipinski definition) is 0. The lowest BCUT2D eigenvalue weighted by molar-refractivity contribution is 0.593. The lowest BCUT2D eigenvalue weighted by Gasteiger charge is -2.27. The largest absolute Gasteiger partial charge is 0.0632 e. The van der Waals surface area contributed by atoms with Gasteiger partial charge < -0.3 is 0 Å². The van der Waals surface area contributed by atoms with Crippen LogP contribution in [0.1, 0.15) is 48.3 Å². The van der Waals surface area contributed by atoms with E-state index in [1.807, 2.05) is 0 Å². The maximum Gasteiger partial charge on any atom is 0.0632 e. The van der Waals surface area contributed by atoms with Crippen molar-refractivity contribution in [2.45, 2.75) is 33.1 Å². The van der Waals surface area contributed by atoms with Crippen LogP contribution >= 0.6 is 0 Å². The molecule has 0 aliphatic heterocycles. The Hall–Kier alpha value is -2.34. The predicted molar refractivity (Wildman–Crippen MR) is 101 cm³/mol. The van der Waals surface area contributed by atoms with Crippen molar-refractivity contribution in [1.82, 2.24) is 0 Å². The van der Waals surface area contributed by atoms with Crippen LogP contribution in [0.2, 0.25) is 0 Å². The average Bonchev–Trinajstić information content (AvgIpc) is 2.79. The van der Waals surface area contributed by atoms with Gasteiger partial charge in [0.2, 0.25) is 0 Å². The summed E-state index contributed by atoms with van der Waals surface area (Å²) in [5.74, 6) is 0. The van der Waals surface area contributed by atoms with Crippen molar-refractivity contribution in [3.05, 3.63) is 83.6 Å². The molecule has 0 heterocycles. The van der Waals surface area contributed by atoms with E-state index in [0.29, 0.717) is 0 Å². The van der Waals surface area contributed by atoms with E-state index in [-0.39, 0.29) is 45.5 Å². The molecule has 0 N–H and O–H groups in total. The molecule has 0 amide bonds. The van der Waals surface area contributed by atoms with E-state index >= 15 is 0 Å². The lowest BCUT2D eigenvalue weighted by atomic mass is 9.77. The summed E-state index contributed by atoms with van der Waals surface area (Å²) in [5.41, 5.74) is -1.40. The molecule has 3 aromatic carbocycles. The van der Waals surface area contributed by atoms with Gasteiger partial charge in [-0.05, 0) is 40.2 Å². The Morgan fingerprint density at radius 3 is 1.91 bits per heavy atom. The van der Waals surface area contributed by atoms with Crippen LogP contribution in [-0.2, 0) is 5.41 Å². The van der Waals surface area contributed by atoms with Crippen LogP contribution in [-0.4, -0.2) is 0 Å². The molecule has 0 unspecified atom stereocenters. The first-order valence-corrected chi connectivity index (χ1v) is 7.25. The molecule has 0 radical (unpaired) electrons. The van der Waals surface area contributed by atoms with Gasteiger partial charge in [0.25, 0.3) is 0 Å². The van der Waals surface area contributed by atoms with Gasteiger partial charge in [-0.15, -0.1) is 0 Å². The van der Waals surface area contributed by atoms with Gasteiger partial charge in [0.1, 0.15) is 0 Å². The molecule has 3 aromatic rings. The lowest BCUT2D eigenvalue weighted by Crippen LogP contribution is -2.14. The van der Waals surface area contributed by atoms with Gasteiger partial charge in [0.15, 0.2) is 0 Å². The molecular weight excluding hydrogens is 276 g/mol. The molecule has 0 aliphatic carbocycles. The Labute approximate surface area is 156 Å². The fraction of sp³-hybridized carbons (Fsp3) is 0.217. The zero-order chi connectivity index (χ0) is 26.9. The van der Waals surface area contributed by atoms with Gasteiger partial charge in [-0.25, -0.2) is 0 Å². The van der Waals surface area contributed by atoms with Crippen molar-refractivity contribution >= 4 is 0 Å². The van der Waals surface area contributed by atoms with Crippen molar-refractivity contribution in [2.24, 2.45) is 0 Å². The molecule has 23 heavy (non-hydrogen) atoms. The summed E-state index contributed by atoms with van der Waals surface area (Å²) in [7, 11) is 0. The molecule has 0 saturated carbocycles. The molecule has 0 atom stereocenters. The van der Waals surface area contributed by atoms with E-state index < -0.39 is 65.8 Å². The number of benzene rings is 3. The second-order valence-electron chi connectivity index (χ2n) is 6.25. The molecule has 0 fully saturated rings. The van der Waals surface area contributed by atoms with Crippen LogP contribution in [0, 0.1) is 6.92 Å². The van der Waals surface area contributed by atoms with Crippen molar-refractivity contribution in [3.8, 4) is 22.3 Å². The first-order chi connectivity index (χ1) is 16.0. The van der Waals surface area contributed by atoms with E-state index in [1.54, 1.807) is 20.8 Å². The highest BCUT2D eigenvalue weighted by Crippen LogP contribution is 2.40. The molecule has 0 nitrogen and oxygen atoms in total. The standard InChI is InChI=1S/C23H24/c1-17-10-8-13-19(16-17)21-15-9-14-20(22(21)23(2,3)4)18-11-6-5-7-12-18/h5-16H,1-4H3/i5D,6D,7D,8D,9D,10D,11D,12D,13D,14D,15D,16D. The summed E-state index contributed by atoms with van der Waals surface area (Å²) in [6, 6.07) is -6.13. The minimum atomic E-state index is -0.943. The summed E-state index contributed by atoms with van der Waals surface area (Å²) in [6.07, 6.45) is 0. The minimum absolute atomic E-state index is 0.0908. The third-order valence-corrected chi connectivity index (χ3v) is 3.38. The second kappa shape index (κ2) is 6.04. The van der Waals surface area contributed by atoms with Crippen LogP contribution in [0.15, 0.2) is 72.5 Å². The third-order valence-electron chi connectivity index (χ3n) is 3.38. The van der Waals surface area contributed by atoms with E-state index in [2.05, 4.69) is 0 Å². The topological polar surface area (TPSA) is 0 Å². The van der Waals surface area contributed by atoms with Gasteiger partial charge in [-0.2, -0.15) is 0 Å². The molecule has 0 aliphatic rings. The van der Waals surface area contributed by atoms with E-state index in [4.69, 9.17) is 16.4 Å². The molecule has 0 heteroatoms. The third kappa shape index (κ3) is 3.22. The van der Waals surface area contributed by atoms with Crippen molar-refractivity contribution < 1.29 is 16.4 Å². The molecule has 0 spiro atoms. The van der Waals surface area contributed by atoms with E-state index in [0.717, 1.165) is 0 Å². The van der Waals surface area contributed by atoms with Gasteiger partial charge in [-0.1, -0.05) is 98.8 Å². The van der Waals surface area contributed by atoms with Crippen LogP contribution in [0.5, 0.6) is 0 Å². The van der Waals surface area contributed by atoms with Gasteiger partial charge >= 0.3 is 0 Å². The van der Waals surface area contributed by atoms with Crippen LogP contribution in [0.4, 0.5) is 0 Å².